The molecule has 0 radical (unpaired) electrons. The molecule has 0 saturated heterocycles. The Morgan fingerprint density at radius 2 is 1.80 bits per heavy atom. The molecule has 0 N–H and O–H groups in total. The van der Waals surface area contributed by atoms with E-state index in [2.05, 4.69) is 6.07 Å². The van der Waals surface area contributed by atoms with Crippen molar-refractivity contribution in [3.05, 3.63) is 86.8 Å². The molecule has 3 aromatic rings. The van der Waals surface area contributed by atoms with Crippen LogP contribution in [0.25, 0.3) is 11.1 Å². The van der Waals surface area contributed by atoms with Gasteiger partial charge in [-0.3, -0.25) is 9.59 Å². The van der Waals surface area contributed by atoms with Crippen LogP contribution in [0.3, 0.4) is 0 Å². The quantitative estimate of drug-likeness (QED) is 0.390. The number of methoxy groups -OCH3 is 1. The summed E-state index contributed by atoms with van der Waals surface area (Å²) < 4.78 is 11.9. The number of nitrogens with zero attached hydrogens (tertiary/aromatic N) is 2. The van der Waals surface area contributed by atoms with Crippen molar-refractivity contribution in [3.63, 3.8) is 0 Å². The Kier molecular flexibility index (Phi) is 8.45. The maximum absolute atomic E-state index is 13.2. The molecule has 1 aromatic heterocycles. The van der Waals surface area contributed by atoms with E-state index in [1.807, 2.05) is 6.92 Å². The first-order chi connectivity index (χ1) is 16.8. The van der Waals surface area contributed by atoms with Gasteiger partial charge in [-0.2, -0.15) is 5.26 Å². The average Bonchev–Trinajstić information content (AvgIpc) is 2.85. The van der Waals surface area contributed by atoms with Crippen LogP contribution in [0.2, 0.25) is 5.02 Å². The van der Waals surface area contributed by atoms with E-state index in [4.69, 9.17) is 21.1 Å². The van der Waals surface area contributed by atoms with Crippen molar-refractivity contribution in [1.82, 2.24) is 4.57 Å². The molecule has 8 heteroatoms. The Labute approximate surface area is 208 Å². The van der Waals surface area contributed by atoms with Gasteiger partial charge in [0.1, 0.15) is 5.75 Å². The third-order valence-corrected chi connectivity index (χ3v) is 5.83. The number of rotatable bonds is 9. The van der Waals surface area contributed by atoms with Gasteiger partial charge in [0.15, 0.2) is 5.78 Å². The van der Waals surface area contributed by atoms with Gasteiger partial charge in [0.25, 0.3) is 5.56 Å². The van der Waals surface area contributed by atoms with Crippen LogP contribution in [0.4, 0.5) is 0 Å². The van der Waals surface area contributed by atoms with Crippen LogP contribution < -0.4 is 10.3 Å². The molecule has 0 fully saturated rings. The molecule has 1 heterocycles. The zero-order valence-corrected chi connectivity index (χ0v) is 20.5. The number of ketones is 1. The highest BCUT2D eigenvalue weighted by Crippen LogP contribution is 2.33. The van der Waals surface area contributed by atoms with E-state index in [0.29, 0.717) is 39.4 Å². The first-order valence-corrected chi connectivity index (χ1v) is 11.5. The molecular formula is C27H25ClN2O5. The largest absolute Gasteiger partial charge is 0.495 e. The molecule has 0 amide bonds. The minimum Gasteiger partial charge on any atom is -0.495 e. The van der Waals surface area contributed by atoms with Gasteiger partial charge in [-0.15, -0.1) is 0 Å². The van der Waals surface area contributed by atoms with Gasteiger partial charge in [-0.25, -0.2) is 4.79 Å². The monoisotopic (exact) mass is 492 g/mol. The summed E-state index contributed by atoms with van der Waals surface area (Å²) >= 11 is 6.12. The summed E-state index contributed by atoms with van der Waals surface area (Å²) in [7, 11) is 1.46. The molecule has 0 spiro atoms. The second-order valence-corrected chi connectivity index (χ2v) is 8.22. The minimum absolute atomic E-state index is 0.0883. The number of ether oxygens (including phenoxy) is 2. The predicted octanol–water partition coefficient (Wildman–Crippen LogP) is 4.99. The highest BCUT2D eigenvalue weighted by molar-refractivity contribution is 6.31. The van der Waals surface area contributed by atoms with E-state index in [9.17, 15) is 19.6 Å². The number of nitriles is 1. The number of halogens is 1. The molecule has 0 aliphatic carbocycles. The van der Waals surface area contributed by atoms with Crippen LogP contribution in [0.1, 0.15) is 47.8 Å². The minimum atomic E-state index is -0.718. The van der Waals surface area contributed by atoms with Crippen LogP contribution in [0.5, 0.6) is 5.75 Å². The second kappa shape index (κ2) is 11.5. The van der Waals surface area contributed by atoms with Gasteiger partial charge >= 0.3 is 5.97 Å². The van der Waals surface area contributed by atoms with E-state index >= 15 is 0 Å². The van der Waals surface area contributed by atoms with Crippen molar-refractivity contribution in [2.24, 2.45) is 0 Å². The molecule has 35 heavy (non-hydrogen) atoms. The first kappa shape index (κ1) is 25.7. The molecule has 0 aliphatic heterocycles. The zero-order chi connectivity index (χ0) is 25.5. The highest BCUT2D eigenvalue weighted by Gasteiger charge is 2.23. The summed E-state index contributed by atoms with van der Waals surface area (Å²) in [5, 5.41) is 9.90. The molecule has 2 aromatic carbocycles. The number of Topliss-reactive ketones (excluding diaryl/α,β-unsaturated/α-hetero) is 1. The van der Waals surface area contributed by atoms with Crippen LogP contribution in [-0.4, -0.2) is 30.0 Å². The number of carbonyl (C=O) groups is 2. The molecule has 0 saturated carbocycles. The normalized spacial score (nSPS) is 11.4. The number of benzene rings is 2. The molecule has 1 atom stereocenters. The zero-order valence-electron chi connectivity index (χ0n) is 19.7. The van der Waals surface area contributed by atoms with E-state index in [1.54, 1.807) is 49.4 Å². The molecule has 3 rings (SSSR count). The lowest BCUT2D eigenvalue weighted by molar-refractivity contribution is -0.121. The second-order valence-electron chi connectivity index (χ2n) is 7.79. The molecule has 180 valence electrons. The Bertz CT molecular complexity index is 1340. The summed E-state index contributed by atoms with van der Waals surface area (Å²) in [5.41, 5.74) is 1.97. The number of aromatic nitrogens is 1. The average molecular weight is 493 g/mol. The highest BCUT2D eigenvalue weighted by atomic mass is 35.5. The van der Waals surface area contributed by atoms with Crippen LogP contribution in [0.15, 0.2) is 59.5 Å². The fourth-order valence-electron chi connectivity index (χ4n) is 3.85. The van der Waals surface area contributed by atoms with Gasteiger partial charge in [-0.05, 0) is 49.2 Å². The van der Waals surface area contributed by atoms with Crippen molar-refractivity contribution in [2.75, 3.05) is 13.7 Å². The Balaban J connectivity index is 1.93. The number of hydrogen-bond acceptors (Lipinski definition) is 6. The summed E-state index contributed by atoms with van der Waals surface area (Å²) in [4.78, 5) is 38.1. The Morgan fingerprint density at radius 3 is 2.40 bits per heavy atom. The lowest BCUT2D eigenvalue weighted by atomic mass is 9.98. The lowest BCUT2D eigenvalue weighted by Gasteiger charge is -2.20. The number of pyridine rings is 1. The third kappa shape index (κ3) is 5.79. The fraction of sp³-hybridized carbons (Fsp3) is 0.259. The molecule has 0 aliphatic rings. The van der Waals surface area contributed by atoms with Crippen molar-refractivity contribution in [2.45, 2.75) is 32.7 Å². The summed E-state index contributed by atoms with van der Waals surface area (Å²) in [6.07, 6.45) is 1.98. The number of esters is 1. The summed E-state index contributed by atoms with van der Waals surface area (Å²) in [5.74, 6) is -0.239. The van der Waals surface area contributed by atoms with E-state index in [-0.39, 0.29) is 18.8 Å². The third-order valence-electron chi connectivity index (χ3n) is 5.59. The smallest absolute Gasteiger partial charge is 0.338 e. The van der Waals surface area contributed by atoms with Gasteiger partial charge in [-0.1, -0.05) is 30.7 Å². The predicted molar refractivity (Wildman–Crippen MR) is 133 cm³/mol. The van der Waals surface area contributed by atoms with Gasteiger partial charge in [0, 0.05) is 28.6 Å². The molecule has 7 nitrogen and oxygen atoms in total. The van der Waals surface area contributed by atoms with Crippen molar-refractivity contribution >= 4 is 23.4 Å². The van der Waals surface area contributed by atoms with Gasteiger partial charge < -0.3 is 14.0 Å². The van der Waals surface area contributed by atoms with Crippen molar-refractivity contribution < 1.29 is 19.1 Å². The topological polar surface area (TPSA) is 98.4 Å². The summed E-state index contributed by atoms with van der Waals surface area (Å²) in [6.45, 7) is 3.84. The first-order valence-electron chi connectivity index (χ1n) is 11.1. The molecule has 1 unspecified atom stereocenters. The van der Waals surface area contributed by atoms with Crippen LogP contribution >= 0.6 is 11.6 Å². The van der Waals surface area contributed by atoms with Gasteiger partial charge in [0.05, 0.1) is 43.2 Å². The van der Waals surface area contributed by atoms with Crippen molar-refractivity contribution in [3.8, 4) is 22.9 Å². The molecule has 0 bridgehead atoms. The van der Waals surface area contributed by atoms with Gasteiger partial charge in [0.2, 0.25) is 0 Å². The number of hydrogen-bond donors (Lipinski definition) is 0. The Hall–Kier alpha value is -3.89. The van der Waals surface area contributed by atoms with E-state index in [0.717, 1.165) is 5.56 Å². The maximum Gasteiger partial charge on any atom is 0.338 e. The SMILES string of the molecule is CCOC(=O)c1ccc(CC(=O)C(CC)n2cc(OC)c(-c3cc(Cl)ccc3C#N)cc2=O)cc1. The van der Waals surface area contributed by atoms with Crippen molar-refractivity contribution in [1.29, 1.82) is 5.26 Å². The van der Waals surface area contributed by atoms with E-state index in [1.165, 1.54) is 23.9 Å². The fourth-order valence-corrected chi connectivity index (χ4v) is 4.03. The number of carbonyl (C=O) groups excluding carboxylic acids is 2. The Morgan fingerprint density at radius 1 is 1.09 bits per heavy atom. The van der Waals surface area contributed by atoms with Crippen LogP contribution in [0, 0.1) is 11.3 Å². The lowest BCUT2D eigenvalue weighted by Crippen LogP contribution is -2.30. The molecular weight excluding hydrogens is 468 g/mol. The standard InChI is InChI=1S/C27H25ClN2O5/c1-4-23(24(31)12-17-6-8-18(9-7-17)27(33)35-5-2)30-16-25(34-3)22(14-26(30)32)21-13-20(28)11-10-19(21)15-29/h6-11,13-14,16,23H,4-5,12H2,1-3H3. The van der Waals surface area contributed by atoms with E-state index < -0.39 is 17.6 Å². The maximum atomic E-state index is 13.2. The summed E-state index contributed by atoms with van der Waals surface area (Å²) in [6, 6.07) is 14.1. The van der Waals surface area contributed by atoms with Crippen LogP contribution in [-0.2, 0) is 16.0 Å².